The monoisotopic (exact) mass is 435 g/mol. The first-order valence-electron chi connectivity index (χ1n) is 9.21. The molecule has 0 fully saturated rings. The zero-order chi connectivity index (χ0) is 21.7. The summed E-state index contributed by atoms with van der Waals surface area (Å²) in [4.78, 5) is 20.7. The fraction of sp³-hybridized carbons (Fsp3) is 0.0455. The van der Waals surface area contributed by atoms with Crippen molar-refractivity contribution in [3.05, 3.63) is 96.8 Å². The van der Waals surface area contributed by atoms with Crippen molar-refractivity contribution >= 4 is 21.4 Å². The summed E-state index contributed by atoms with van der Waals surface area (Å²) < 4.78 is 36.0. The highest BCUT2D eigenvalue weighted by atomic mass is 32.2. The number of carbonyl (C=O) groups is 1. The number of furan rings is 1. The molecule has 0 aliphatic rings. The zero-order valence-electron chi connectivity index (χ0n) is 16.1. The van der Waals surface area contributed by atoms with E-state index < -0.39 is 15.7 Å². The van der Waals surface area contributed by atoms with Crippen LogP contribution in [0.1, 0.15) is 16.3 Å². The summed E-state index contributed by atoms with van der Waals surface area (Å²) in [5.74, 6) is 0.104. The summed E-state index contributed by atoms with van der Waals surface area (Å²) in [5.41, 5.74) is 0.473. The maximum absolute atomic E-state index is 12.5. The van der Waals surface area contributed by atoms with Crippen LogP contribution in [-0.4, -0.2) is 24.3 Å². The fourth-order valence-corrected chi connectivity index (χ4v) is 4.03. The van der Waals surface area contributed by atoms with Gasteiger partial charge in [-0.15, -0.1) is 0 Å². The number of carbonyl (C=O) groups excluding carboxylic acids is 1. The van der Waals surface area contributed by atoms with Gasteiger partial charge in [0.15, 0.2) is 15.6 Å². The molecule has 8 nitrogen and oxygen atoms in total. The minimum Gasteiger partial charge on any atom is -0.455 e. The van der Waals surface area contributed by atoms with Gasteiger partial charge in [0, 0.05) is 24.1 Å². The average Bonchev–Trinajstić information content (AvgIpc) is 3.23. The van der Waals surface area contributed by atoms with E-state index >= 15 is 0 Å². The third kappa shape index (κ3) is 5.14. The van der Waals surface area contributed by atoms with Crippen LogP contribution >= 0.6 is 0 Å². The molecule has 0 spiro atoms. The molecule has 0 atom stereocenters. The van der Waals surface area contributed by atoms with E-state index in [1.807, 2.05) is 0 Å². The topological polar surface area (TPSA) is 111 Å². The van der Waals surface area contributed by atoms with Crippen molar-refractivity contribution in [2.45, 2.75) is 10.6 Å². The molecule has 1 amide bonds. The first-order valence-corrected chi connectivity index (χ1v) is 10.9. The molecule has 1 N–H and O–H groups in total. The number of hydrogen-bond donors (Lipinski definition) is 1. The highest BCUT2D eigenvalue weighted by Gasteiger charge is 2.19. The Morgan fingerprint density at radius 2 is 1.84 bits per heavy atom. The van der Waals surface area contributed by atoms with Gasteiger partial charge < -0.3 is 14.5 Å². The largest absolute Gasteiger partial charge is 0.455 e. The fourth-order valence-electron chi connectivity index (χ4n) is 2.76. The molecule has 9 heteroatoms. The molecule has 2 aromatic heterocycles. The molecule has 2 heterocycles. The first-order chi connectivity index (χ1) is 15.0. The van der Waals surface area contributed by atoms with E-state index in [2.05, 4.69) is 15.3 Å². The number of nitrogens with zero attached hydrogens (tertiary/aromatic N) is 2. The van der Waals surface area contributed by atoms with E-state index in [1.54, 1.807) is 42.5 Å². The van der Waals surface area contributed by atoms with Gasteiger partial charge in [0.25, 0.3) is 5.91 Å². The Labute approximate surface area is 178 Å². The molecular formula is C22H17N3O5S. The SMILES string of the molecule is O=C(Nc1cccc(Oc2cnccn2)c1)c1ccc(CS(=O)(=O)c2ccccc2)o1. The molecule has 4 rings (SSSR count). The van der Waals surface area contributed by atoms with E-state index in [0.717, 1.165) is 0 Å². The summed E-state index contributed by atoms with van der Waals surface area (Å²) in [6.45, 7) is 0. The molecule has 4 aromatic rings. The van der Waals surface area contributed by atoms with Crippen LogP contribution in [0.3, 0.4) is 0 Å². The maximum atomic E-state index is 12.5. The summed E-state index contributed by atoms with van der Waals surface area (Å²) in [6.07, 6.45) is 4.51. The second kappa shape index (κ2) is 8.80. The Balaban J connectivity index is 1.43. The summed E-state index contributed by atoms with van der Waals surface area (Å²) in [7, 11) is -3.57. The van der Waals surface area contributed by atoms with Crippen LogP contribution in [0.5, 0.6) is 11.6 Å². The van der Waals surface area contributed by atoms with Crippen molar-refractivity contribution in [2.75, 3.05) is 5.32 Å². The number of anilines is 1. The molecular weight excluding hydrogens is 418 g/mol. The van der Waals surface area contributed by atoms with Gasteiger partial charge in [-0.3, -0.25) is 9.78 Å². The number of rotatable bonds is 7. The average molecular weight is 435 g/mol. The minimum absolute atomic E-state index is 0.00138. The molecule has 0 saturated carbocycles. The molecule has 0 bridgehead atoms. The molecule has 2 aromatic carbocycles. The Hall–Kier alpha value is -3.98. The maximum Gasteiger partial charge on any atom is 0.291 e. The van der Waals surface area contributed by atoms with Gasteiger partial charge in [-0.2, -0.15) is 0 Å². The molecule has 0 radical (unpaired) electrons. The Morgan fingerprint density at radius 3 is 2.61 bits per heavy atom. The highest BCUT2D eigenvalue weighted by molar-refractivity contribution is 7.90. The van der Waals surface area contributed by atoms with Crippen molar-refractivity contribution in [1.82, 2.24) is 9.97 Å². The van der Waals surface area contributed by atoms with Gasteiger partial charge >= 0.3 is 0 Å². The number of ether oxygens (including phenoxy) is 1. The molecule has 0 unspecified atom stereocenters. The van der Waals surface area contributed by atoms with Crippen LogP contribution in [0.25, 0.3) is 0 Å². The number of hydrogen-bond acceptors (Lipinski definition) is 7. The van der Waals surface area contributed by atoms with Crippen molar-refractivity contribution in [2.24, 2.45) is 0 Å². The minimum atomic E-state index is -3.57. The van der Waals surface area contributed by atoms with Crippen LogP contribution < -0.4 is 10.1 Å². The van der Waals surface area contributed by atoms with E-state index in [1.165, 1.54) is 42.9 Å². The second-order valence-electron chi connectivity index (χ2n) is 6.47. The molecule has 0 aliphatic heterocycles. The van der Waals surface area contributed by atoms with Crippen molar-refractivity contribution in [1.29, 1.82) is 0 Å². The Bertz CT molecular complexity index is 1290. The standard InChI is InChI=1S/C22H17N3O5S/c26-22(25-16-5-4-6-17(13-16)30-21-14-23-11-12-24-21)20-10-9-18(29-20)15-31(27,28)19-7-2-1-3-8-19/h1-14H,15H2,(H,25,26). The first kappa shape index (κ1) is 20.3. The predicted octanol–water partition coefficient (Wildman–Crippen LogP) is 4.09. The van der Waals surface area contributed by atoms with Gasteiger partial charge in [0.1, 0.15) is 17.3 Å². The van der Waals surface area contributed by atoms with Gasteiger partial charge in [-0.1, -0.05) is 24.3 Å². The number of aromatic nitrogens is 2. The van der Waals surface area contributed by atoms with Crippen LogP contribution in [-0.2, 0) is 15.6 Å². The lowest BCUT2D eigenvalue weighted by molar-refractivity contribution is 0.0995. The lowest BCUT2D eigenvalue weighted by Crippen LogP contribution is -2.11. The van der Waals surface area contributed by atoms with Crippen LogP contribution in [0.2, 0.25) is 0 Å². The second-order valence-corrected chi connectivity index (χ2v) is 8.46. The zero-order valence-corrected chi connectivity index (χ0v) is 17.0. The number of amides is 1. The number of benzene rings is 2. The molecule has 0 aliphatic carbocycles. The lowest BCUT2D eigenvalue weighted by atomic mass is 10.3. The van der Waals surface area contributed by atoms with E-state index in [9.17, 15) is 13.2 Å². The highest BCUT2D eigenvalue weighted by Crippen LogP contribution is 2.23. The lowest BCUT2D eigenvalue weighted by Gasteiger charge is -2.07. The van der Waals surface area contributed by atoms with Gasteiger partial charge in [-0.25, -0.2) is 13.4 Å². The van der Waals surface area contributed by atoms with Gasteiger partial charge in [-0.05, 0) is 36.4 Å². The van der Waals surface area contributed by atoms with E-state index in [-0.39, 0.29) is 22.2 Å². The quantitative estimate of drug-likeness (QED) is 0.465. The number of sulfone groups is 1. The molecule has 31 heavy (non-hydrogen) atoms. The summed E-state index contributed by atoms with van der Waals surface area (Å²) >= 11 is 0. The molecule has 0 saturated heterocycles. The van der Waals surface area contributed by atoms with Gasteiger partial charge in [0.2, 0.25) is 5.88 Å². The smallest absolute Gasteiger partial charge is 0.291 e. The van der Waals surface area contributed by atoms with Crippen LogP contribution in [0.15, 0.2) is 94.6 Å². The van der Waals surface area contributed by atoms with Gasteiger partial charge in [0.05, 0.1) is 11.1 Å². The van der Waals surface area contributed by atoms with Crippen LogP contribution in [0.4, 0.5) is 5.69 Å². The third-order valence-corrected chi connectivity index (χ3v) is 5.83. The normalized spacial score (nSPS) is 11.1. The van der Waals surface area contributed by atoms with Crippen molar-refractivity contribution in [3.8, 4) is 11.6 Å². The van der Waals surface area contributed by atoms with E-state index in [0.29, 0.717) is 17.3 Å². The molecule has 156 valence electrons. The number of nitrogens with one attached hydrogen (secondary N) is 1. The Kier molecular flexibility index (Phi) is 5.76. The summed E-state index contributed by atoms with van der Waals surface area (Å²) in [5, 5.41) is 2.69. The van der Waals surface area contributed by atoms with E-state index in [4.69, 9.17) is 9.15 Å². The third-order valence-electron chi connectivity index (χ3n) is 4.17. The van der Waals surface area contributed by atoms with Crippen molar-refractivity contribution in [3.63, 3.8) is 0 Å². The Morgan fingerprint density at radius 1 is 1.00 bits per heavy atom. The summed E-state index contributed by atoms with van der Waals surface area (Å²) in [6, 6.07) is 17.7. The predicted molar refractivity (Wildman–Crippen MR) is 113 cm³/mol. The van der Waals surface area contributed by atoms with Crippen LogP contribution in [0, 0.1) is 0 Å². The van der Waals surface area contributed by atoms with Crippen molar-refractivity contribution < 1.29 is 22.4 Å².